The molecule has 6 heteroatoms. The van der Waals surface area contributed by atoms with Crippen molar-refractivity contribution in [3.8, 4) is 11.5 Å². The summed E-state index contributed by atoms with van der Waals surface area (Å²) in [4.78, 5) is 17.6. The predicted molar refractivity (Wildman–Crippen MR) is 78.9 cm³/mol. The number of hydrogen-bond donors (Lipinski definition) is 0. The average molecular weight is 306 g/mol. The minimum atomic E-state index is -0.0313. The van der Waals surface area contributed by atoms with E-state index in [0.717, 1.165) is 37.7 Å². The summed E-state index contributed by atoms with van der Waals surface area (Å²) in [7, 11) is 0. The fourth-order valence-electron chi connectivity index (χ4n) is 2.58. The predicted octanol–water partition coefficient (Wildman–Crippen LogP) is 2.94. The SMILES string of the molecule is O=CC1CCCCN1Cc1noc(-c2ccc(Cl)cc2)n1. The van der Waals surface area contributed by atoms with Gasteiger partial charge in [0.05, 0.1) is 12.6 Å². The summed E-state index contributed by atoms with van der Waals surface area (Å²) in [6.07, 6.45) is 4.12. The molecule has 1 aliphatic heterocycles. The molecule has 0 N–H and O–H groups in total. The number of carbonyl (C=O) groups is 1. The van der Waals surface area contributed by atoms with E-state index < -0.39 is 0 Å². The molecule has 1 unspecified atom stereocenters. The number of rotatable bonds is 4. The van der Waals surface area contributed by atoms with Gasteiger partial charge in [-0.2, -0.15) is 4.98 Å². The lowest BCUT2D eigenvalue weighted by atomic mass is 10.0. The third kappa shape index (κ3) is 3.31. The number of likely N-dealkylation sites (tertiary alicyclic amines) is 1. The molecule has 0 spiro atoms. The number of nitrogens with zero attached hydrogens (tertiary/aromatic N) is 3. The van der Waals surface area contributed by atoms with Crippen LogP contribution in [0, 0.1) is 0 Å². The molecule has 2 aromatic rings. The Bertz CT molecular complexity index is 612. The Kier molecular flexibility index (Phi) is 4.31. The highest BCUT2D eigenvalue weighted by atomic mass is 35.5. The molecule has 1 aromatic carbocycles. The first-order valence-electron chi connectivity index (χ1n) is 7.04. The monoisotopic (exact) mass is 305 g/mol. The molecule has 0 radical (unpaired) electrons. The van der Waals surface area contributed by atoms with Crippen LogP contribution < -0.4 is 0 Å². The van der Waals surface area contributed by atoms with Crippen molar-refractivity contribution in [1.82, 2.24) is 15.0 Å². The molecular weight excluding hydrogens is 290 g/mol. The van der Waals surface area contributed by atoms with Crippen molar-refractivity contribution >= 4 is 17.9 Å². The van der Waals surface area contributed by atoms with E-state index >= 15 is 0 Å². The van der Waals surface area contributed by atoms with Crippen molar-refractivity contribution in [3.05, 3.63) is 35.1 Å². The van der Waals surface area contributed by atoms with Crippen LogP contribution in [-0.2, 0) is 11.3 Å². The van der Waals surface area contributed by atoms with E-state index in [1.54, 1.807) is 12.1 Å². The quantitative estimate of drug-likeness (QED) is 0.813. The maximum atomic E-state index is 11.1. The van der Waals surface area contributed by atoms with Crippen molar-refractivity contribution in [2.75, 3.05) is 6.54 Å². The first-order valence-corrected chi connectivity index (χ1v) is 7.42. The maximum absolute atomic E-state index is 11.1. The third-order valence-electron chi connectivity index (χ3n) is 3.73. The van der Waals surface area contributed by atoms with Gasteiger partial charge in [-0.1, -0.05) is 23.2 Å². The van der Waals surface area contributed by atoms with Crippen LogP contribution in [-0.4, -0.2) is 33.9 Å². The van der Waals surface area contributed by atoms with Gasteiger partial charge in [0.25, 0.3) is 5.89 Å². The van der Waals surface area contributed by atoms with Crippen LogP contribution in [0.25, 0.3) is 11.5 Å². The van der Waals surface area contributed by atoms with Crippen LogP contribution in [0.2, 0.25) is 5.02 Å². The highest BCUT2D eigenvalue weighted by Gasteiger charge is 2.23. The van der Waals surface area contributed by atoms with Crippen LogP contribution >= 0.6 is 11.6 Å². The zero-order valence-electron chi connectivity index (χ0n) is 11.5. The van der Waals surface area contributed by atoms with Gasteiger partial charge in [-0.15, -0.1) is 0 Å². The van der Waals surface area contributed by atoms with E-state index in [4.69, 9.17) is 16.1 Å². The van der Waals surface area contributed by atoms with E-state index in [1.807, 2.05) is 12.1 Å². The normalized spacial score (nSPS) is 19.6. The molecule has 0 aliphatic carbocycles. The fourth-order valence-corrected chi connectivity index (χ4v) is 2.70. The summed E-state index contributed by atoms with van der Waals surface area (Å²) in [5.74, 6) is 1.08. The van der Waals surface area contributed by atoms with E-state index in [2.05, 4.69) is 15.0 Å². The summed E-state index contributed by atoms with van der Waals surface area (Å²) >= 11 is 5.86. The van der Waals surface area contributed by atoms with Gasteiger partial charge in [0.15, 0.2) is 5.82 Å². The number of benzene rings is 1. The maximum Gasteiger partial charge on any atom is 0.257 e. The molecule has 1 fully saturated rings. The fraction of sp³-hybridized carbons (Fsp3) is 0.400. The van der Waals surface area contributed by atoms with Gasteiger partial charge in [-0.25, -0.2) is 0 Å². The lowest BCUT2D eigenvalue weighted by molar-refractivity contribution is -0.113. The van der Waals surface area contributed by atoms with Crippen LogP contribution in [0.4, 0.5) is 0 Å². The highest BCUT2D eigenvalue weighted by Crippen LogP contribution is 2.21. The Labute approximate surface area is 127 Å². The number of aromatic nitrogens is 2. The summed E-state index contributed by atoms with van der Waals surface area (Å²) in [6.45, 7) is 1.44. The largest absolute Gasteiger partial charge is 0.334 e. The van der Waals surface area contributed by atoms with E-state index in [1.165, 1.54) is 0 Å². The number of carbonyl (C=O) groups excluding carboxylic acids is 1. The minimum absolute atomic E-state index is 0.0313. The lowest BCUT2D eigenvalue weighted by Crippen LogP contribution is -2.40. The second-order valence-corrected chi connectivity index (χ2v) is 5.63. The van der Waals surface area contributed by atoms with Crippen molar-refractivity contribution in [2.45, 2.75) is 31.8 Å². The molecule has 0 bridgehead atoms. The summed E-state index contributed by atoms with van der Waals surface area (Å²) in [6, 6.07) is 7.22. The molecule has 0 amide bonds. The summed E-state index contributed by atoms with van der Waals surface area (Å²) in [5, 5.41) is 4.67. The van der Waals surface area contributed by atoms with Crippen molar-refractivity contribution in [3.63, 3.8) is 0 Å². The van der Waals surface area contributed by atoms with E-state index in [-0.39, 0.29) is 6.04 Å². The molecule has 1 aliphatic rings. The molecule has 2 heterocycles. The smallest absolute Gasteiger partial charge is 0.257 e. The Morgan fingerprint density at radius 3 is 2.90 bits per heavy atom. The lowest BCUT2D eigenvalue weighted by Gasteiger charge is -2.30. The first-order chi connectivity index (χ1) is 10.3. The van der Waals surface area contributed by atoms with Crippen LogP contribution in [0.5, 0.6) is 0 Å². The Morgan fingerprint density at radius 2 is 2.14 bits per heavy atom. The molecule has 1 saturated heterocycles. The Morgan fingerprint density at radius 1 is 1.33 bits per heavy atom. The van der Waals surface area contributed by atoms with Gasteiger partial charge in [-0.3, -0.25) is 4.90 Å². The van der Waals surface area contributed by atoms with Gasteiger partial charge < -0.3 is 9.32 Å². The summed E-state index contributed by atoms with van der Waals surface area (Å²) in [5.41, 5.74) is 0.837. The first kappa shape index (κ1) is 14.2. The van der Waals surface area contributed by atoms with Gasteiger partial charge >= 0.3 is 0 Å². The number of hydrogen-bond acceptors (Lipinski definition) is 5. The summed E-state index contributed by atoms with van der Waals surface area (Å²) < 4.78 is 5.28. The molecule has 5 nitrogen and oxygen atoms in total. The molecule has 1 aromatic heterocycles. The van der Waals surface area contributed by atoms with Crippen LogP contribution in [0.15, 0.2) is 28.8 Å². The number of piperidine rings is 1. The van der Waals surface area contributed by atoms with Crippen LogP contribution in [0.1, 0.15) is 25.1 Å². The minimum Gasteiger partial charge on any atom is -0.334 e. The molecule has 110 valence electrons. The zero-order chi connectivity index (χ0) is 14.7. The topological polar surface area (TPSA) is 59.2 Å². The highest BCUT2D eigenvalue weighted by molar-refractivity contribution is 6.30. The standard InChI is InChI=1S/C15H16ClN3O2/c16-12-6-4-11(5-7-12)15-17-14(18-21-15)9-19-8-2-1-3-13(19)10-20/h4-7,10,13H,1-3,8-9H2. The van der Waals surface area contributed by atoms with E-state index in [0.29, 0.717) is 23.3 Å². The van der Waals surface area contributed by atoms with Crippen molar-refractivity contribution in [2.24, 2.45) is 0 Å². The number of aldehydes is 1. The van der Waals surface area contributed by atoms with Crippen molar-refractivity contribution in [1.29, 1.82) is 0 Å². The Balaban J connectivity index is 1.72. The van der Waals surface area contributed by atoms with Crippen molar-refractivity contribution < 1.29 is 9.32 Å². The van der Waals surface area contributed by atoms with E-state index in [9.17, 15) is 4.79 Å². The molecule has 0 saturated carbocycles. The number of halogens is 1. The third-order valence-corrected chi connectivity index (χ3v) is 3.98. The molecule has 3 rings (SSSR count). The second-order valence-electron chi connectivity index (χ2n) is 5.19. The molecule has 1 atom stereocenters. The average Bonchev–Trinajstić information content (AvgIpc) is 2.97. The van der Waals surface area contributed by atoms with Gasteiger partial charge in [0.1, 0.15) is 6.29 Å². The van der Waals surface area contributed by atoms with Crippen LogP contribution in [0.3, 0.4) is 0 Å². The zero-order valence-corrected chi connectivity index (χ0v) is 12.3. The van der Waals surface area contributed by atoms with Gasteiger partial charge in [0.2, 0.25) is 0 Å². The van der Waals surface area contributed by atoms with Gasteiger partial charge in [0, 0.05) is 10.6 Å². The van der Waals surface area contributed by atoms with Gasteiger partial charge in [-0.05, 0) is 43.7 Å². The Hall–Kier alpha value is -1.72. The molecular formula is C15H16ClN3O2. The second kappa shape index (κ2) is 6.37. The molecule has 21 heavy (non-hydrogen) atoms.